The third-order valence-corrected chi connectivity index (χ3v) is 4.54. The molecule has 3 rings (SSSR count). The zero-order valence-electron chi connectivity index (χ0n) is 14.0. The molecule has 0 bridgehead atoms. The van der Waals surface area contributed by atoms with Gasteiger partial charge >= 0.3 is 0 Å². The summed E-state index contributed by atoms with van der Waals surface area (Å²) in [6.45, 7) is 3.97. The van der Waals surface area contributed by atoms with Crippen LogP contribution in [0.3, 0.4) is 0 Å². The van der Waals surface area contributed by atoms with Gasteiger partial charge in [-0.25, -0.2) is 4.39 Å². The van der Waals surface area contributed by atoms with E-state index in [0.29, 0.717) is 5.39 Å². The molecule has 0 aromatic heterocycles. The molecule has 123 valence electrons. The second-order valence-corrected chi connectivity index (χ2v) is 6.00. The van der Waals surface area contributed by atoms with E-state index in [2.05, 4.69) is 19.1 Å². The highest BCUT2D eigenvalue weighted by Gasteiger charge is 2.17. The predicted molar refractivity (Wildman–Crippen MR) is 98.0 cm³/mol. The number of halogens is 1. The van der Waals surface area contributed by atoms with Gasteiger partial charge in [0.2, 0.25) is 0 Å². The number of benzene rings is 3. The van der Waals surface area contributed by atoms with Gasteiger partial charge in [0.15, 0.2) is 0 Å². The Hall–Kier alpha value is -2.35. The molecule has 0 aliphatic heterocycles. The number of rotatable bonds is 6. The van der Waals surface area contributed by atoms with Crippen LogP contribution in [0.5, 0.6) is 5.75 Å². The average molecular weight is 321 g/mol. The van der Waals surface area contributed by atoms with E-state index in [9.17, 15) is 4.39 Å². The third-order valence-electron chi connectivity index (χ3n) is 4.54. The molecule has 0 amide bonds. The maximum atomic E-state index is 14.2. The van der Waals surface area contributed by atoms with Gasteiger partial charge < -0.3 is 4.74 Å². The van der Waals surface area contributed by atoms with Gasteiger partial charge in [-0.3, -0.25) is 0 Å². The Morgan fingerprint density at radius 3 is 2.33 bits per heavy atom. The molecule has 1 radical (unpaired) electrons. The molecule has 24 heavy (non-hydrogen) atoms. The summed E-state index contributed by atoms with van der Waals surface area (Å²) in [5.74, 6) is 0.904. The highest BCUT2D eigenvalue weighted by atomic mass is 19.1. The predicted octanol–water partition coefficient (Wildman–Crippen LogP) is 6.12. The van der Waals surface area contributed by atoms with Crippen molar-refractivity contribution in [2.45, 2.75) is 25.2 Å². The summed E-state index contributed by atoms with van der Waals surface area (Å²) in [6, 6.07) is 19.4. The molecule has 1 nitrogen and oxygen atoms in total. The molecule has 0 aliphatic rings. The van der Waals surface area contributed by atoms with Crippen molar-refractivity contribution in [1.29, 1.82) is 0 Å². The van der Waals surface area contributed by atoms with Crippen LogP contribution >= 0.6 is 0 Å². The maximum Gasteiger partial charge on any atom is 0.131 e. The number of hydrogen-bond donors (Lipinski definition) is 0. The quantitative estimate of drug-likeness (QED) is 0.531. The first kappa shape index (κ1) is 16.5. The van der Waals surface area contributed by atoms with E-state index in [4.69, 9.17) is 4.74 Å². The van der Waals surface area contributed by atoms with E-state index in [0.717, 1.165) is 30.4 Å². The SMILES string of the molecule is [CH2]CCCC(c1ccc(OC)cc1)c1ccc(F)c2ccccc12. The van der Waals surface area contributed by atoms with Crippen molar-refractivity contribution in [1.82, 2.24) is 0 Å². The molecule has 1 atom stereocenters. The average Bonchev–Trinajstić information content (AvgIpc) is 2.64. The van der Waals surface area contributed by atoms with Gasteiger partial charge in [-0.15, -0.1) is 0 Å². The van der Waals surface area contributed by atoms with E-state index in [-0.39, 0.29) is 11.7 Å². The minimum absolute atomic E-state index is 0.167. The van der Waals surface area contributed by atoms with Crippen LogP contribution in [-0.2, 0) is 0 Å². The lowest BCUT2D eigenvalue weighted by Crippen LogP contribution is -2.03. The molecular weight excluding hydrogens is 299 g/mol. The first-order valence-corrected chi connectivity index (χ1v) is 8.35. The molecule has 3 aromatic rings. The monoisotopic (exact) mass is 321 g/mol. The molecule has 0 saturated carbocycles. The lowest BCUT2D eigenvalue weighted by atomic mass is 9.84. The first-order chi connectivity index (χ1) is 11.7. The van der Waals surface area contributed by atoms with Gasteiger partial charge in [-0.1, -0.05) is 62.2 Å². The van der Waals surface area contributed by atoms with Gasteiger partial charge in [-0.05, 0) is 41.1 Å². The zero-order chi connectivity index (χ0) is 16.9. The third kappa shape index (κ3) is 3.28. The number of ether oxygens (including phenoxy) is 1. The van der Waals surface area contributed by atoms with Crippen LogP contribution in [-0.4, -0.2) is 7.11 Å². The fourth-order valence-corrected chi connectivity index (χ4v) is 3.28. The van der Waals surface area contributed by atoms with E-state index in [1.165, 1.54) is 11.1 Å². The fourth-order valence-electron chi connectivity index (χ4n) is 3.28. The minimum Gasteiger partial charge on any atom is -0.497 e. The Balaban J connectivity index is 2.10. The summed E-state index contributed by atoms with van der Waals surface area (Å²) in [6.07, 6.45) is 2.92. The summed E-state index contributed by atoms with van der Waals surface area (Å²) < 4.78 is 19.4. The zero-order valence-corrected chi connectivity index (χ0v) is 14.0. The van der Waals surface area contributed by atoms with Gasteiger partial charge in [-0.2, -0.15) is 0 Å². The van der Waals surface area contributed by atoms with E-state index < -0.39 is 0 Å². The number of fused-ring (bicyclic) bond motifs is 1. The molecule has 0 fully saturated rings. The van der Waals surface area contributed by atoms with Crippen LogP contribution in [0.4, 0.5) is 4.39 Å². The summed E-state index contributed by atoms with van der Waals surface area (Å²) >= 11 is 0. The highest BCUT2D eigenvalue weighted by Crippen LogP contribution is 2.36. The van der Waals surface area contributed by atoms with Crippen molar-refractivity contribution in [3.05, 3.63) is 84.5 Å². The Morgan fingerprint density at radius 1 is 0.958 bits per heavy atom. The van der Waals surface area contributed by atoms with Crippen LogP contribution in [0.2, 0.25) is 0 Å². The fraction of sp³-hybridized carbons (Fsp3) is 0.227. The smallest absolute Gasteiger partial charge is 0.131 e. The van der Waals surface area contributed by atoms with Crippen molar-refractivity contribution >= 4 is 10.8 Å². The lowest BCUT2D eigenvalue weighted by Gasteiger charge is -2.20. The standard InChI is InChI=1S/C22H22FO/c1-3-4-7-18(16-10-12-17(24-2)13-11-16)20-14-15-22(23)21-9-6-5-8-19(20)21/h5-6,8-15,18H,1,3-4,7H2,2H3. The molecule has 0 spiro atoms. The molecule has 0 aliphatic carbocycles. The largest absolute Gasteiger partial charge is 0.497 e. The van der Waals surface area contributed by atoms with Crippen molar-refractivity contribution < 1.29 is 9.13 Å². The Kier molecular flexibility index (Phi) is 5.14. The van der Waals surface area contributed by atoms with Gasteiger partial charge in [0.25, 0.3) is 0 Å². The second-order valence-electron chi connectivity index (χ2n) is 6.00. The van der Waals surface area contributed by atoms with Crippen LogP contribution in [0, 0.1) is 12.7 Å². The van der Waals surface area contributed by atoms with Crippen molar-refractivity contribution in [2.75, 3.05) is 7.11 Å². The topological polar surface area (TPSA) is 9.23 Å². The van der Waals surface area contributed by atoms with E-state index in [1.807, 2.05) is 42.5 Å². The van der Waals surface area contributed by atoms with Crippen LogP contribution in [0.15, 0.2) is 60.7 Å². The van der Waals surface area contributed by atoms with Crippen molar-refractivity contribution in [3.63, 3.8) is 0 Å². The summed E-state index contributed by atoms with van der Waals surface area (Å²) in [5.41, 5.74) is 2.40. The highest BCUT2D eigenvalue weighted by molar-refractivity contribution is 5.87. The first-order valence-electron chi connectivity index (χ1n) is 8.35. The summed E-state index contributed by atoms with van der Waals surface area (Å²) in [4.78, 5) is 0. The van der Waals surface area contributed by atoms with Gasteiger partial charge in [0.05, 0.1) is 7.11 Å². The molecule has 3 aromatic carbocycles. The van der Waals surface area contributed by atoms with Gasteiger partial charge in [0, 0.05) is 11.3 Å². The Labute approximate surface area is 143 Å². The Bertz CT molecular complexity index is 808. The molecule has 2 heteroatoms. The van der Waals surface area contributed by atoms with Crippen molar-refractivity contribution in [2.24, 2.45) is 0 Å². The maximum absolute atomic E-state index is 14.2. The molecule has 0 N–H and O–H groups in total. The molecule has 0 saturated heterocycles. The number of unbranched alkanes of at least 4 members (excludes halogenated alkanes) is 1. The second kappa shape index (κ2) is 7.48. The minimum atomic E-state index is -0.167. The Morgan fingerprint density at radius 2 is 1.67 bits per heavy atom. The normalized spacial score (nSPS) is 12.3. The number of hydrogen-bond acceptors (Lipinski definition) is 1. The molecule has 0 heterocycles. The van der Waals surface area contributed by atoms with E-state index >= 15 is 0 Å². The summed E-state index contributed by atoms with van der Waals surface area (Å²) in [5, 5.41) is 1.67. The summed E-state index contributed by atoms with van der Waals surface area (Å²) in [7, 11) is 1.67. The van der Waals surface area contributed by atoms with E-state index in [1.54, 1.807) is 13.2 Å². The van der Waals surface area contributed by atoms with Crippen LogP contribution < -0.4 is 4.74 Å². The van der Waals surface area contributed by atoms with Crippen LogP contribution in [0.25, 0.3) is 10.8 Å². The van der Waals surface area contributed by atoms with Crippen LogP contribution in [0.1, 0.15) is 36.3 Å². The molecule has 1 unspecified atom stereocenters. The van der Waals surface area contributed by atoms with Gasteiger partial charge in [0.1, 0.15) is 11.6 Å². The lowest BCUT2D eigenvalue weighted by molar-refractivity contribution is 0.414. The number of methoxy groups -OCH3 is 1. The molecular formula is C22H22FO. The van der Waals surface area contributed by atoms with Crippen molar-refractivity contribution in [3.8, 4) is 5.75 Å².